The number of halogens is 1. The maximum Gasteiger partial charge on any atom is 0.120 e. The highest BCUT2D eigenvalue weighted by Gasteiger charge is 1.79. The first kappa shape index (κ1) is 2.67. The zero-order valence-electron chi connectivity index (χ0n) is 7.90. The van der Waals surface area contributed by atoms with Gasteiger partial charge < -0.3 is 9.47 Å². The van der Waals surface area contributed by atoms with Gasteiger partial charge in [-0.15, -0.1) is 0 Å². The third kappa shape index (κ3) is 6.21. The predicted octanol–water partition coefficient (Wildman–Crippen LogP) is 0.846. The Morgan fingerprint density at radius 1 is 1.71 bits per heavy atom. The number of rotatable bonds is 4. The first-order valence-electron chi connectivity index (χ1n) is 3.62. The fraction of sp³-hybridized carbons (Fsp3) is 1.00. The Morgan fingerprint density at radius 3 is 2.86 bits per heavy atom. The first-order chi connectivity index (χ1) is 4.87. The summed E-state index contributed by atoms with van der Waals surface area (Å²) in [5.74, 6) is 0. The third-order valence-electron chi connectivity index (χ3n) is 0.270. The SMILES string of the molecule is [2H]C([2H])(OC)C([2H])([2H])OCCl. The van der Waals surface area contributed by atoms with Crippen LogP contribution in [-0.2, 0) is 9.47 Å². The number of hydrogen-bond acceptors (Lipinski definition) is 2. The average molecular weight is 129 g/mol. The molecule has 0 aliphatic rings. The summed E-state index contributed by atoms with van der Waals surface area (Å²) in [6.07, 6.45) is 0. The van der Waals surface area contributed by atoms with E-state index in [9.17, 15) is 0 Å². The average Bonchev–Trinajstić information content (AvgIpc) is 1.87. The third-order valence-corrected chi connectivity index (χ3v) is 0.380. The molecule has 3 heteroatoms. The number of ether oxygens (including phenoxy) is 2. The molecule has 0 amide bonds. The molecule has 0 spiro atoms. The Labute approximate surface area is 54.0 Å². The summed E-state index contributed by atoms with van der Waals surface area (Å²) in [6.45, 7) is -5.01. The van der Waals surface area contributed by atoms with Gasteiger partial charge in [0.15, 0.2) is 0 Å². The molecule has 2 nitrogen and oxygen atoms in total. The molecule has 0 rings (SSSR count). The van der Waals surface area contributed by atoms with Gasteiger partial charge in [0, 0.05) is 7.11 Å². The molecule has 0 heterocycles. The lowest BCUT2D eigenvalue weighted by atomic mass is 10.8. The summed E-state index contributed by atoms with van der Waals surface area (Å²) in [7, 11) is 1.05. The Hall–Kier alpha value is 0.210. The molecular weight excluding hydrogens is 115 g/mol. The van der Waals surface area contributed by atoms with Crippen LogP contribution in [0, 0.1) is 0 Å². The van der Waals surface area contributed by atoms with Crippen molar-refractivity contribution in [2.24, 2.45) is 0 Å². The second kappa shape index (κ2) is 6.21. The Balaban J connectivity index is 4.26. The standard InChI is InChI=1S/C4H9ClO2/c1-6-2-3-7-4-5/h2-4H2,1H3/i2D2,3D2. The van der Waals surface area contributed by atoms with Crippen LogP contribution in [0.25, 0.3) is 0 Å². The Bertz CT molecular complexity index is 129. The van der Waals surface area contributed by atoms with Crippen molar-refractivity contribution < 1.29 is 15.0 Å². The lowest BCUT2D eigenvalue weighted by Gasteiger charge is -1.94. The van der Waals surface area contributed by atoms with Gasteiger partial charge in [0.25, 0.3) is 0 Å². The van der Waals surface area contributed by atoms with Gasteiger partial charge in [-0.3, -0.25) is 0 Å². The molecule has 0 saturated heterocycles. The predicted molar refractivity (Wildman–Crippen MR) is 28.5 cm³/mol. The maximum atomic E-state index is 6.99. The maximum absolute atomic E-state index is 6.99. The second-order valence-electron chi connectivity index (χ2n) is 0.662. The minimum atomic E-state index is -2.52. The van der Waals surface area contributed by atoms with Crippen molar-refractivity contribution in [1.82, 2.24) is 0 Å². The topological polar surface area (TPSA) is 18.5 Å². The number of alkyl halides is 1. The molecule has 7 heavy (non-hydrogen) atoms. The van der Waals surface area contributed by atoms with Crippen LogP contribution in [0.2, 0.25) is 0 Å². The van der Waals surface area contributed by atoms with Crippen LogP contribution in [0.5, 0.6) is 0 Å². The van der Waals surface area contributed by atoms with Crippen LogP contribution in [0.4, 0.5) is 0 Å². The molecule has 0 radical (unpaired) electrons. The van der Waals surface area contributed by atoms with Crippen LogP contribution < -0.4 is 0 Å². The minimum absolute atomic E-state index is 0.421. The van der Waals surface area contributed by atoms with E-state index in [0.717, 1.165) is 7.11 Å². The van der Waals surface area contributed by atoms with Crippen LogP contribution >= 0.6 is 11.6 Å². The highest BCUT2D eigenvalue weighted by atomic mass is 35.5. The fourth-order valence-electron chi connectivity index (χ4n) is 0.0984. The normalized spacial score (nSPS) is 22.0. The van der Waals surface area contributed by atoms with Crippen molar-refractivity contribution >= 4 is 11.6 Å². The van der Waals surface area contributed by atoms with Gasteiger partial charge in [0.05, 0.1) is 18.6 Å². The first-order valence-corrected chi connectivity index (χ1v) is 2.16. The van der Waals surface area contributed by atoms with Crippen molar-refractivity contribution in [3.8, 4) is 0 Å². The van der Waals surface area contributed by atoms with E-state index in [2.05, 4.69) is 9.47 Å². The highest BCUT2D eigenvalue weighted by molar-refractivity contribution is 6.17. The lowest BCUT2D eigenvalue weighted by Crippen LogP contribution is -1.99. The largest absolute Gasteiger partial charge is 0.382 e. The van der Waals surface area contributed by atoms with Crippen molar-refractivity contribution in [2.75, 3.05) is 26.3 Å². The Morgan fingerprint density at radius 2 is 2.43 bits per heavy atom. The van der Waals surface area contributed by atoms with Gasteiger partial charge in [0.2, 0.25) is 0 Å². The molecule has 0 fully saturated rings. The number of methoxy groups -OCH3 is 1. The summed E-state index contributed by atoms with van der Waals surface area (Å²) in [5, 5.41) is 0. The van der Waals surface area contributed by atoms with Crippen LogP contribution in [0.1, 0.15) is 5.48 Å². The summed E-state index contributed by atoms with van der Waals surface area (Å²) in [4.78, 5) is 0. The minimum Gasteiger partial charge on any atom is -0.382 e. The van der Waals surface area contributed by atoms with Crippen LogP contribution in [-0.4, -0.2) is 26.3 Å². The molecule has 0 aromatic heterocycles. The van der Waals surface area contributed by atoms with Crippen LogP contribution in [0.15, 0.2) is 0 Å². The fourth-order valence-corrected chi connectivity index (χ4v) is 0.153. The van der Waals surface area contributed by atoms with Crippen molar-refractivity contribution in [3.05, 3.63) is 0 Å². The van der Waals surface area contributed by atoms with Gasteiger partial charge >= 0.3 is 0 Å². The van der Waals surface area contributed by atoms with Gasteiger partial charge in [-0.1, -0.05) is 11.6 Å². The van der Waals surface area contributed by atoms with Gasteiger partial charge in [-0.2, -0.15) is 0 Å². The molecule has 0 unspecified atom stereocenters. The number of hydrogen-bond donors (Lipinski definition) is 0. The van der Waals surface area contributed by atoms with Crippen molar-refractivity contribution in [1.29, 1.82) is 0 Å². The molecule has 44 valence electrons. The lowest BCUT2D eigenvalue weighted by molar-refractivity contribution is 0.0936. The molecule has 0 aliphatic carbocycles. The molecular formula is C4H9ClO2. The summed E-state index contributed by atoms with van der Waals surface area (Å²) >= 11 is 5.06. The molecule has 0 bridgehead atoms. The van der Waals surface area contributed by atoms with E-state index in [0.29, 0.717) is 0 Å². The van der Waals surface area contributed by atoms with Crippen LogP contribution in [0.3, 0.4) is 0 Å². The Kier molecular flexibility index (Phi) is 2.37. The zero-order chi connectivity index (χ0) is 9.12. The van der Waals surface area contributed by atoms with E-state index in [-0.39, 0.29) is 0 Å². The second-order valence-corrected chi connectivity index (χ2v) is 0.880. The van der Waals surface area contributed by atoms with Gasteiger partial charge in [-0.25, -0.2) is 0 Å². The van der Waals surface area contributed by atoms with E-state index in [4.69, 9.17) is 17.1 Å². The molecule has 0 N–H and O–H groups in total. The molecule has 0 aromatic rings. The molecule has 0 saturated carbocycles. The van der Waals surface area contributed by atoms with Crippen molar-refractivity contribution in [3.63, 3.8) is 0 Å². The summed E-state index contributed by atoms with van der Waals surface area (Å²) in [5.41, 5.74) is 0. The molecule has 0 aromatic carbocycles. The van der Waals surface area contributed by atoms with E-state index in [1.54, 1.807) is 0 Å². The van der Waals surface area contributed by atoms with E-state index < -0.39 is 19.2 Å². The van der Waals surface area contributed by atoms with Gasteiger partial charge in [-0.05, 0) is 0 Å². The highest BCUT2D eigenvalue weighted by Crippen LogP contribution is 1.77. The monoisotopic (exact) mass is 128 g/mol. The molecule has 0 atom stereocenters. The zero-order valence-corrected chi connectivity index (χ0v) is 4.66. The smallest absolute Gasteiger partial charge is 0.120 e. The van der Waals surface area contributed by atoms with E-state index >= 15 is 0 Å². The quantitative estimate of drug-likeness (QED) is 0.523. The van der Waals surface area contributed by atoms with Crippen molar-refractivity contribution in [2.45, 2.75) is 0 Å². The molecule has 0 aliphatic heterocycles. The summed E-state index contributed by atoms with van der Waals surface area (Å²) < 4.78 is 36.4. The summed E-state index contributed by atoms with van der Waals surface area (Å²) in [6, 6.07) is -0.421. The van der Waals surface area contributed by atoms with Gasteiger partial charge in [0.1, 0.15) is 6.07 Å². The van der Waals surface area contributed by atoms with E-state index in [1.165, 1.54) is 0 Å². The van der Waals surface area contributed by atoms with E-state index in [1.807, 2.05) is 0 Å².